The van der Waals surface area contributed by atoms with E-state index in [0.29, 0.717) is 16.8 Å². The van der Waals surface area contributed by atoms with E-state index in [-0.39, 0.29) is 0 Å². The van der Waals surface area contributed by atoms with Crippen LogP contribution in [0, 0.1) is 0 Å². The number of hydrogen-bond acceptors (Lipinski definition) is 1. The second-order valence-electron chi connectivity index (χ2n) is 7.30. The first-order chi connectivity index (χ1) is 11.1. The fourth-order valence-corrected chi connectivity index (χ4v) is 3.08. The van der Waals surface area contributed by atoms with E-state index in [2.05, 4.69) is 33.2 Å². The number of para-hydroxylation sites is 1. The third kappa shape index (κ3) is 8.90. The zero-order valence-corrected chi connectivity index (χ0v) is 15.5. The first kappa shape index (κ1) is 19.9. The maximum absolute atomic E-state index is 12.2. The van der Waals surface area contributed by atoms with Gasteiger partial charge < -0.3 is 0 Å². The minimum atomic E-state index is 0.391. The Balaban J connectivity index is 2.10. The SMILES string of the molecule is CCCCCCCCCCCC(=O)C[N+](C)(C)c1ccccc1. The number of nitrogens with zero attached hydrogens (tertiary/aromatic N) is 1. The highest BCUT2D eigenvalue weighted by Gasteiger charge is 2.22. The summed E-state index contributed by atoms with van der Waals surface area (Å²) in [7, 11) is 4.23. The molecule has 0 bridgehead atoms. The van der Waals surface area contributed by atoms with Crippen LogP contribution in [0.1, 0.15) is 71.1 Å². The predicted molar refractivity (Wildman–Crippen MR) is 102 cm³/mol. The van der Waals surface area contributed by atoms with E-state index in [1.54, 1.807) is 0 Å². The van der Waals surface area contributed by atoms with Crippen molar-refractivity contribution in [2.75, 3.05) is 20.6 Å². The van der Waals surface area contributed by atoms with E-state index in [1.807, 2.05) is 18.2 Å². The molecule has 0 radical (unpaired) electrons. The molecule has 2 nitrogen and oxygen atoms in total. The largest absolute Gasteiger partial charge is 0.293 e. The number of carbonyl (C=O) groups excluding carboxylic acids is 1. The molecule has 0 spiro atoms. The molecule has 1 rings (SSSR count). The Morgan fingerprint density at radius 1 is 0.826 bits per heavy atom. The second kappa shape index (κ2) is 11.4. The Morgan fingerprint density at radius 2 is 1.35 bits per heavy atom. The van der Waals surface area contributed by atoms with Crippen molar-refractivity contribution >= 4 is 11.5 Å². The van der Waals surface area contributed by atoms with Gasteiger partial charge in [-0.05, 0) is 18.6 Å². The van der Waals surface area contributed by atoms with E-state index in [0.717, 1.165) is 12.8 Å². The van der Waals surface area contributed by atoms with Gasteiger partial charge in [-0.15, -0.1) is 0 Å². The molecule has 23 heavy (non-hydrogen) atoms. The molecule has 0 aliphatic carbocycles. The molecule has 1 aromatic carbocycles. The average Bonchev–Trinajstić information content (AvgIpc) is 2.54. The highest BCUT2D eigenvalue weighted by molar-refractivity contribution is 5.82. The molecule has 0 aromatic heterocycles. The molecule has 1 aromatic rings. The molecule has 0 atom stereocenters. The fourth-order valence-electron chi connectivity index (χ4n) is 3.08. The third-order valence-electron chi connectivity index (χ3n) is 4.59. The molecule has 0 heterocycles. The maximum atomic E-state index is 12.2. The van der Waals surface area contributed by atoms with Crippen molar-refractivity contribution in [1.29, 1.82) is 0 Å². The minimum Gasteiger partial charge on any atom is -0.293 e. The summed E-state index contributed by atoms with van der Waals surface area (Å²) in [5.74, 6) is 0.391. The smallest absolute Gasteiger partial charge is 0.187 e. The number of ketones is 1. The van der Waals surface area contributed by atoms with Gasteiger partial charge in [-0.2, -0.15) is 0 Å². The van der Waals surface area contributed by atoms with Crippen molar-refractivity contribution < 1.29 is 4.79 Å². The number of likely N-dealkylation sites (N-methyl/N-ethyl adjacent to an activating group) is 1. The van der Waals surface area contributed by atoms with Crippen LogP contribution in [0.15, 0.2) is 30.3 Å². The van der Waals surface area contributed by atoms with Gasteiger partial charge in [0.1, 0.15) is 12.2 Å². The van der Waals surface area contributed by atoms with Crippen LogP contribution in [0.5, 0.6) is 0 Å². The topological polar surface area (TPSA) is 17.1 Å². The highest BCUT2D eigenvalue weighted by Crippen LogP contribution is 2.18. The van der Waals surface area contributed by atoms with Gasteiger partial charge in [0.05, 0.1) is 14.1 Å². The van der Waals surface area contributed by atoms with Crippen molar-refractivity contribution in [2.24, 2.45) is 0 Å². The van der Waals surface area contributed by atoms with Gasteiger partial charge in [0.25, 0.3) is 0 Å². The molecule has 0 saturated carbocycles. The number of unbranched alkanes of at least 4 members (excludes halogenated alkanes) is 8. The van der Waals surface area contributed by atoms with E-state index >= 15 is 0 Å². The summed E-state index contributed by atoms with van der Waals surface area (Å²) in [6, 6.07) is 10.3. The van der Waals surface area contributed by atoms with Crippen LogP contribution in [0.2, 0.25) is 0 Å². The molecule has 0 aliphatic heterocycles. The first-order valence-electron chi connectivity index (χ1n) is 9.46. The number of quaternary nitrogens is 1. The molecule has 0 fully saturated rings. The normalized spacial score (nSPS) is 11.6. The highest BCUT2D eigenvalue weighted by atomic mass is 16.1. The van der Waals surface area contributed by atoms with Crippen molar-refractivity contribution in [3.05, 3.63) is 30.3 Å². The van der Waals surface area contributed by atoms with Crippen LogP contribution in [0.4, 0.5) is 5.69 Å². The number of hydrogen-bond donors (Lipinski definition) is 0. The van der Waals surface area contributed by atoms with Crippen LogP contribution < -0.4 is 4.48 Å². The van der Waals surface area contributed by atoms with Crippen molar-refractivity contribution in [1.82, 2.24) is 4.48 Å². The zero-order chi connectivity index (χ0) is 17.0. The molecular formula is C21H36NO+. The van der Waals surface area contributed by atoms with E-state index in [9.17, 15) is 4.79 Å². The molecule has 0 saturated heterocycles. The Bertz CT molecular complexity index is 425. The number of rotatable bonds is 13. The number of carbonyl (C=O) groups is 1. The second-order valence-corrected chi connectivity index (χ2v) is 7.30. The lowest BCUT2D eigenvalue weighted by molar-refractivity contribution is -0.119. The lowest BCUT2D eigenvalue weighted by Gasteiger charge is -2.28. The van der Waals surface area contributed by atoms with Crippen LogP contribution in [-0.4, -0.2) is 26.4 Å². The summed E-state index contributed by atoms with van der Waals surface area (Å²) in [4.78, 5) is 12.2. The summed E-state index contributed by atoms with van der Waals surface area (Å²) < 4.78 is 0.650. The molecule has 0 aliphatic rings. The van der Waals surface area contributed by atoms with Crippen molar-refractivity contribution in [3.8, 4) is 0 Å². The van der Waals surface area contributed by atoms with E-state index in [4.69, 9.17) is 0 Å². The van der Waals surface area contributed by atoms with Gasteiger partial charge in [-0.25, -0.2) is 0 Å². The molecule has 0 amide bonds. The molecule has 130 valence electrons. The van der Waals surface area contributed by atoms with E-state index < -0.39 is 0 Å². The maximum Gasteiger partial charge on any atom is 0.187 e. The first-order valence-corrected chi connectivity index (χ1v) is 9.46. The monoisotopic (exact) mass is 318 g/mol. The van der Waals surface area contributed by atoms with Crippen LogP contribution in [-0.2, 0) is 4.79 Å². The molecular weight excluding hydrogens is 282 g/mol. The quantitative estimate of drug-likeness (QED) is 0.334. The summed E-state index contributed by atoms with van der Waals surface area (Å²) in [5, 5.41) is 0. The van der Waals surface area contributed by atoms with Gasteiger partial charge in [-0.3, -0.25) is 9.28 Å². The Hall–Kier alpha value is -1.15. The molecule has 0 N–H and O–H groups in total. The summed E-state index contributed by atoms with van der Waals surface area (Å²) in [6.07, 6.45) is 12.5. The number of Topliss-reactive ketones (excluding diaryl/α,β-unsaturated/α-hetero) is 1. The lowest BCUT2D eigenvalue weighted by atomic mass is 10.1. The predicted octanol–water partition coefficient (Wildman–Crippen LogP) is 5.74. The standard InChI is InChI=1S/C21H36NO/c1-4-5-6-7-8-9-10-11-15-18-21(23)19-22(2,3)20-16-13-12-14-17-20/h12-14,16-17H,4-11,15,18-19H2,1-3H3/q+1. The average molecular weight is 319 g/mol. The zero-order valence-electron chi connectivity index (χ0n) is 15.5. The van der Waals surface area contributed by atoms with Gasteiger partial charge >= 0.3 is 0 Å². The van der Waals surface area contributed by atoms with Crippen molar-refractivity contribution in [3.63, 3.8) is 0 Å². The third-order valence-corrected chi connectivity index (χ3v) is 4.59. The summed E-state index contributed by atoms with van der Waals surface area (Å²) >= 11 is 0. The lowest BCUT2D eigenvalue weighted by Crippen LogP contribution is -2.44. The Labute approximate surface area is 143 Å². The molecule has 2 heteroatoms. The van der Waals surface area contributed by atoms with Gasteiger partial charge in [-0.1, -0.05) is 76.5 Å². The van der Waals surface area contributed by atoms with Crippen LogP contribution >= 0.6 is 0 Å². The van der Waals surface area contributed by atoms with Gasteiger partial charge in [0.15, 0.2) is 5.78 Å². The van der Waals surface area contributed by atoms with Gasteiger partial charge in [0, 0.05) is 6.42 Å². The van der Waals surface area contributed by atoms with Crippen LogP contribution in [0.25, 0.3) is 0 Å². The Kier molecular flexibility index (Phi) is 9.86. The van der Waals surface area contributed by atoms with Crippen LogP contribution in [0.3, 0.4) is 0 Å². The molecule has 0 unspecified atom stereocenters. The Morgan fingerprint density at radius 3 is 1.91 bits per heavy atom. The van der Waals surface area contributed by atoms with Gasteiger partial charge in [0.2, 0.25) is 0 Å². The summed E-state index contributed by atoms with van der Waals surface area (Å²) in [5.41, 5.74) is 1.20. The summed E-state index contributed by atoms with van der Waals surface area (Å²) in [6.45, 7) is 2.86. The minimum absolute atomic E-state index is 0.391. The van der Waals surface area contributed by atoms with Crippen molar-refractivity contribution in [2.45, 2.75) is 71.1 Å². The van der Waals surface area contributed by atoms with E-state index in [1.165, 1.54) is 57.1 Å². The fraction of sp³-hybridized carbons (Fsp3) is 0.667. The number of benzene rings is 1.